The molecule has 1 aliphatic heterocycles. The Bertz CT molecular complexity index is 555. The first-order valence-electron chi connectivity index (χ1n) is 9.07. The third kappa shape index (κ3) is 6.62. The number of nitrogens with zero attached hydrogens (tertiary/aromatic N) is 3. The summed E-state index contributed by atoms with van der Waals surface area (Å²) in [6.07, 6.45) is 2.66. The Hall–Kier alpha value is -1.67. The lowest BCUT2D eigenvalue weighted by molar-refractivity contribution is -0.122. The summed E-state index contributed by atoms with van der Waals surface area (Å²) < 4.78 is 0. The fraction of sp³-hybridized carbons (Fsp3) is 0.706. The molecule has 1 fully saturated rings. The Morgan fingerprint density at radius 3 is 2.56 bits per heavy atom. The highest BCUT2D eigenvalue weighted by Crippen LogP contribution is 2.10. The Morgan fingerprint density at radius 2 is 1.92 bits per heavy atom. The van der Waals surface area contributed by atoms with Crippen molar-refractivity contribution in [3.8, 4) is 0 Å². The van der Waals surface area contributed by atoms with Gasteiger partial charge < -0.3 is 15.5 Å². The van der Waals surface area contributed by atoms with Crippen molar-refractivity contribution >= 4 is 23.3 Å². The first-order valence-corrected chi connectivity index (χ1v) is 9.95. The van der Waals surface area contributed by atoms with E-state index in [0.717, 1.165) is 49.6 Å². The standard InChI is InChI=1S/C17H29N5O2S/c1-3-6-18-15(23)12-21-8-10-22(11-9-21)17(24)19-7-5-14-13-25-16(4-2)20-14/h13H,3-12H2,1-2H3,(H,18,23)(H,19,24). The highest BCUT2D eigenvalue weighted by molar-refractivity contribution is 7.09. The summed E-state index contributed by atoms with van der Waals surface area (Å²) in [7, 11) is 0. The van der Waals surface area contributed by atoms with E-state index < -0.39 is 0 Å². The fourth-order valence-corrected chi connectivity index (χ4v) is 3.45. The molecule has 0 aromatic carbocycles. The number of thiazole rings is 1. The predicted molar refractivity (Wildman–Crippen MR) is 99.9 cm³/mol. The Kier molecular flexibility index (Phi) is 8.14. The minimum atomic E-state index is -0.0268. The van der Waals surface area contributed by atoms with E-state index in [9.17, 15) is 9.59 Å². The van der Waals surface area contributed by atoms with Crippen molar-refractivity contribution in [2.24, 2.45) is 0 Å². The van der Waals surface area contributed by atoms with Crippen molar-refractivity contribution in [1.29, 1.82) is 0 Å². The number of nitrogens with one attached hydrogen (secondary N) is 2. The van der Waals surface area contributed by atoms with Crippen molar-refractivity contribution in [1.82, 2.24) is 25.4 Å². The number of amides is 3. The lowest BCUT2D eigenvalue weighted by atomic mass is 10.3. The van der Waals surface area contributed by atoms with Gasteiger partial charge in [-0.2, -0.15) is 0 Å². The van der Waals surface area contributed by atoms with Crippen LogP contribution in [0.2, 0.25) is 0 Å². The molecule has 8 heteroatoms. The minimum absolute atomic E-state index is 0.0268. The van der Waals surface area contributed by atoms with Crippen molar-refractivity contribution in [3.05, 3.63) is 16.1 Å². The fourth-order valence-electron chi connectivity index (χ4n) is 2.67. The number of hydrogen-bond acceptors (Lipinski definition) is 5. The lowest BCUT2D eigenvalue weighted by Gasteiger charge is -2.34. The van der Waals surface area contributed by atoms with Crippen LogP contribution >= 0.6 is 11.3 Å². The highest BCUT2D eigenvalue weighted by atomic mass is 32.1. The maximum absolute atomic E-state index is 12.2. The number of carbonyl (C=O) groups is 2. The summed E-state index contributed by atoms with van der Waals surface area (Å²) in [6, 6.07) is -0.0268. The number of rotatable bonds is 8. The number of piperazine rings is 1. The molecule has 2 rings (SSSR count). The average molecular weight is 368 g/mol. The second-order valence-electron chi connectivity index (χ2n) is 6.18. The summed E-state index contributed by atoms with van der Waals surface area (Å²) in [5.41, 5.74) is 1.05. The van der Waals surface area contributed by atoms with Gasteiger partial charge in [-0.25, -0.2) is 9.78 Å². The number of aromatic nitrogens is 1. The first-order chi connectivity index (χ1) is 12.1. The van der Waals surface area contributed by atoms with Crippen LogP contribution in [-0.4, -0.2) is 72.5 Å². The van der Waals surface area contributed by atoms with Gasteiger partial charge >= 0.3 is 6.03 Å². The van der Waals surface area contributed by atoms with E-state index in [1.165, 1.54) is 0 Å². The quantitative estimate of drug-likeness (QED) is 0.721. The molecule has 0 aliphatic carbocycles. The van der Waals surface area contributed by atoms with Crippen molar-refractivity contribution in [3.63, 3.8) is 0 Å². The van der Waals surface area contributed by atoms with E-state index in [1.807, 2.05) is 11.8 Å². The molecule has 2 N–H and O–H groups in total. The first kappa shape index (κ1) is 19.7. The van der Waals surface area contributed by atoms with E-state index in [0.29, 0.717) is 26.2 Å². The third-order valence-corrected chi connectivity index (χ3v) is 5.20. The van der Waals surface area contributed by atoms with Crippen LogP contribution in [0.4, 0.5) is 4.79 Å². The molecule has 0 saturated carbocycles. The van der Waals surface area contributed by atoms with Gasteiger partial charge in [0.25, 0.3) is 0 Å². The van der Waals surface area contributed by atoms with Gasteiger partial charge in [0.2, 0.25) is 5.91 Å². The molecule has 1 saturated heterocycles. The number of carbonyl (C=O) groups excluding carboxylic acids is 2. The molecule has 140 valence electrons. The molecule has 3 amide bonds. The van der Waals surface area contributed by atoms with E-state index >= 15 is 0 Å². The van der Waals surface area contributed by atoms with Crippen LogP contribution in [0.15, 0.2) is 5.38 Å². The SMILES string of the molecule is CCCNC(=O)CN1CCN(C(=O)NCCc2csc(CC)n2)CC1. The monoisotopic (exact) mass is 367 g/mol. The summed E-state index contributed by atoms with van der Waals surface area (Å²) in [6.45, 7) is 8.65. The van der Waals surface area contributed by atoms with Gasteiger partial charge in [-0.05, 0) is 12.8 Å². The van der Waals surface area contributed by atoms with Crippen LogP contribution in [0.5, 0.6) is 0 Å². The molecule has 1 aliphatic rings. The molecule has 0 spiro atoms. The summed E-state index contributed by atoms with van der Waals surface area (Å²) >= 11 is 1.67. The van der Waals surface area contributed by atoms with Crippen LogP contribution in [0.3, 0.4) is 0 Å². The molecule has 0 unspecified atom stereocenters. The average Bonchev–Trinajstić information content (AvgIpc) is 3.08. The van der Waals surface area contributed by atoms with Crippen LogP contribution in [0.1, 0.15) is 31.0 Å². The Labute approximate surface area is 153 Å². The van der Waals surface area contributed by atoms with E-state index in [2.05, 4.69) is 32.8 Å². The minimum Gasteiger partial charge on any atom is -0.355 e. The van der Waals surface area contributed by atoms with Crippen LogP contribution < -0.4 is 10.6 Å². The second kappa shape index (κ2) is 10.4. The highest BCUT2D eigenvalue weighted by Gasteiger charge is 2.22. The largest absolute Gasteiger partial charge is 0.355 e. The molecule has 0 atom stereocenters. The molecule has 1 aromatic rings. The maximum Gasteiger partial charge on any atom is 0.317 e. The van der Waals surface area contributed by atoms with Crippen molar-refractivity contribution < 1.29 is 9.59 Å². The molecule has 2 heterocycles. The van der Waals surface area contributed by atoms with Gasteiger partial charge in [0.1, 0.15) is 0 Å². The van der Waals surface area contributed by atoms with E-state index in [-0.39, 0.29) is 11.9 Å². The molecule has 0 bridgehead atoms. The van der Waals surface area contributed by atoms with E-state index in [4.69, 9.17) is 0 Å². The van der Waals surface area contributed by atoms with Crippen LogP contribution in [0.25, 0.3) is 0 Å². The van der Waals surface area contributed by atoms with Crippen LogP contribution in [-0.2, 0) is 17.6 Å². The van der Waals surface area contributed by atoms with Gasteiger partial charge in [0.05, 0.1) is 17.2 Å². The zero-order chi connectivity index (χ0) is 18.1. The number of hydrogen-bond donors (Lipinski definition) is 2. The third-order valence-electron chi connectivity index (χ3n) is 4.16. The van der Waals surface area contributed by atoms with Gasteiger partial charge in [-0.3, -0.25) is 9.69 Å². The molecular formula is C17H29N5O2S. The molecular weight excluding hydrogens is 338 g/mol. The summed E-state index contributed by atoms with van der Waals surface area (Å²) in [4.78, 5) is 32.4. The topological polar surface area (TPSA) is 77.6 Å². The normalized spacial score (nSPS) is 15.2. The molecule has 7 nitrogen and oxygen atoms in total. The van der Waals surface area contributed by atoms with Gasteiger partial charge in [0.15, 0.2) is 0 Å². The van der Waals surface area contributed by atoms with Crippen molar-refractivity contribution in [2.75, 3.05) is 45.8 Å². The number of aryl methyl sites for hydroxylation is 1. The molecule has 1 aromatic heterocycles. The van der Waals surface area contributed by atoms with Gasteiger partial charge in [0, 0.05) is 51.1 Å². The van der Waals surface area contributed by atoms with Gasteiger partial charge in [-0.1, -0.05) is 13.8 Å². The Morgan fingerprint density at radius 1 is 1.16 bits per heavy atom. The molecule has 0 radical (unpaired) electrons. The van der Waals surface area contributed by atoms with Crippen molar-refractivity contribution in [2.45, 2.75) is 33.1 Å². The van der Waals surface area contributed by atoms with Crippen LogP contribution in [0, 0.1) is 0 Å². The smallest absolute Gasteiger partial charge is 0.317 e. The zero-order valence-electron chi connectivity index (χ0n) is 15.2. The second-order valence-corrected chi connectivity index (χ2v) is 7.12. The summed E-state index contributed by atoms with van der Waals surface area (Å²) in [5.74, 6) is 0.0643. The summed E-state index contributed by atoms with van der Waals surface area (Å²) in [5, 5.41) is 9.05. The zero-order valence-corrected chi connectivity index (χ0v) is 16.0. The molecule has 25 heavy (non-hydrogen) atoms. The maximum atomic E-state index is 12.2. The lowest BCUT2D eigenvalue weighted by Crippen LogP contribution is -2.53. The Balaban J connectivity index is 1.62. The van der Waals surface area contributed by atoms with E-state index in [1.54, 1.807) is 11.3 Å². The van der Waals surface area contributed by atoms with Gasteiger partial charge in [-0.15, -0.1) is 11.3 Å². The predicted octanol–water partition coefficient (Wildman–Crippen LogP) is 1.10. The number of urea groups is 1.